The average Bonchev–Trinajstić information content (AvgIpc) is 2.82. The molecule has 0 bridgehead atoms. The number of likely N-dealkylation sites (N-methyl/N-ethyl adjacent to an activating group) is 1. The number of ketones is 1. The molecule has 1 aliphatic heterocycles. The van der Waals surface area contributed by atoms with Gasteiger partial charge in [-0.05, 0) is 31.9 Å². The van der Waals surface area contributed by atoms with Crippen molar-refractivity contribution < 1.29 is 9.59 Å². The second kappa shape index (κ2) is 5.99. The summed E-state index contributed by atoms with van der Waals surface area (Å²) in [7, 11) is 0. The number of hydrogen-bond acceptors (Lipinski definition) is 2. The number of hydrogen-bond donors (Lipinski definition) is 0. The second-order valence-electron chi connectivity index (χ2n) is 6.19. The molecule has 118 valence electrons. The maximum atomic E-state index is 12.9. The van der Waals surface area contributed by atoms with E-state index in [1.54, 1.807) is 0 Å². The first-order chi connectivity index (χ1) is 11.1. The van der Waals surface area contributed by atoms with Crippen molar-refractivity contribution in [3.05, 3.63) is 65.7 Å². The Bertz CT molecular complexity index is 738. The molecule has 23 heavy (non-hydrogen) atoms. The van der Waals surface area contributed by atoms with Crippen LogP contribution in [0.25, 0.3) is 0 Å². The lowest BCUT2D eigenvalue weighted by molar-refractivity contribution is -0.122. The third-order valence-electron chi connectivity index (χ3n) is 4.77. The first-order valence-electron chi connectivity index (χ1n) is 8.07. The summed E-state index contributed by atoms with van der Waals surface area (Å²) in [6, 6.07) is 17.2. The van der Waals surface area contributed by atoms with Crippen LogP contribution in [-0.2, 0) is 10.2 Å². The molecule has 1 atom stereocenters. The van der Waals surface area contributed by atoms with E-state index in [9.17, 15) is 9.59 Å². The molecule has 0 N–H and O–H groups in total. The van der Waals surface area contributed by atoms with Crippen LogP contribution in [0.4, 0.5) is 5.69 Å². The fourth-order valence-corrected chi connectivity index (χ4v) is 3.39. The lowest BCUT2D eigenvalue weighted by Crippen LogP contribution is -2.38. The molecular formula is C20H21NO2. The van der Waals surface area contributed by atoms with Gasteiger partial charge in [0.15, 0.2) is 5.78 Å². The van der Waals surface area contributed by atoms with Gasteiger partial charge in [-0.1, -0.05) is 48.5 Å². The van der Waals surface area contributed by atoms with E-state index in [0.717, 1.165) is 11.3 Å². The van der Waals surface area contributed by atoms with E-state index in [2.05, 4.69) is 0 Å². The molecule has 0 spiro atoms. The lowest BCUT2D eigenvalue weighted by Gasteiger charge is -2.23. The van der Waals surface area contributed by atoms with Gasteiger partial charge in [-0.3, -0.25) is 9.59 Å². The molecule has 0 aliphatic carbocycles. The van der Waals surface area contributed by atoms with E-state index >= 15 is 0 Å². The zero-order valence-electron chi connectivity index (χ0n) is 13.6. The fourth-order valence-electron chi connectivity index (χ4n) is 3.39. The molecule has 0 saturated carbocycles. The fraction of sp³-hybridized carbons (Fsp3) is 0.300. The molecule has 3 nitrogen and oxygen atoms in total. The van der Waals surface area contributed by atoms with Gasteiger partial charge in [0, 0.05) is 24.2 Å². The molecule has 3 heteroatoms. The number of para-hydroxylation sites is 1. The van der Waals surface area contributed by atoms with E-state index < -0.39 is 5.41 Å². The number of carbonyl (C=O) groups is 2. The normalized spacial score (nSPS) is 19.7. The molecule has 3 rings (SSSR count). The standard InChI is InChI=1S/C20H21NO2/c1-3-21-17-12-8-7-11-16(17)20(2,19(21)23)14-13-18(22)15-9-5-4-6-10-15/h4-12H,3,13-14H2,1-2H3. The molecule has 1 aliphatic rings. The van der Waals surface area contributed by atoms with Gasteiger partial charge in [-0.25, -0.2) is 0 Å². The summed E-state index contributed by atoms with van der Waals surface area (Å²) in [5.74, 6) is 0.189. The topological polar surface area (TPSA) is 37.4 Å². The predicted octanol–water partition coefficient (Wildman–Crippen LogP) is 3.97. The predicted molar refractivity (Wildman–Crippen MR) is 91.8 cm³/mol. The summed E-state index contributed by atoms with van der Waals surface area (Å²) in [4.78, 5) is 27.1. The third kappa shape index (κ3) is 2.56. The Labute approximate surface area is 136 Å². The Morgan fingerprint density at radius 1 is 1.04 bits per heavy atom. The van der Waals surface area contributed by atoms with Crippen LogP contribution in [0.3, 0.4) is 0 Å². The average molecular weight is 307 g/mol. The second-order valence-corrected chi connectivity index (χ2v) is 6.19. The van der Waals surface area contributed by atoms with Crippen LogP contribution in [0, 0.1) is 0 Å². The number of Topliss-reactive ketones (excluding diaryl/α,β-unsaturated/α-hetero) is 1. The molecule has 0 aromatic heterocycles. The van der Waals surface area contributed by atoms with Gasteiger partial charge in [0.05, 0.1) is 5.41 Å². The van der Waals surface area contributed by atoms with Crippen LogP contribution in [0.15, 0.2) is 54.6 Å². The van der Waals surface area contributed by atoms with E-state index in [0.29, 0.717) is 24.9 Å². The monoisotopic (exact) mass is 307 g/mol. The largest absolute Gasteiger partial charge is 0.312 e. The van der Waals surface area contributed by atoms with Gasteiger partial charge in [0.2, 0.25) is 5.91 Å². The van der Waals surface area contributed by atoms with Gasteiger partial charge in [-0.15, -0.1) is 0 Å². The van der Waals surface area contributed by atoms with E-state index in [1.165, 1.54) is 0 Å². The Morgan fingerprint density at radius 2 is 1.70 bits per heavy atom. The SMILES string of the molecule is CCN1C(=O)C(C)(CCC(=O)c2ccccc2)c2ccccc21. The molecule has 2 aromatic rings. The number of anilines is 1. The van der Waals surface area contributed by atoms with Crippen LogP contribution in [-0.4, -0.2) is 18.2 Å². The zero-order valence-corrected chi connectivity index (χ0v) is 13.6. The van der Waals surface area contributed by atoms with E-state index in [4.69, 9.17) is 0 Å². The minimum atomic E-state index is -0.614. The number of amides is 1. The first kappa shape index (κ1) is 15.5. The Kier molecular flexibility index (Phi) is 4.03. The molecule has 2 aromatic carbocycles. The van der Waals surface area contributed by atoms with Crippen molar-refractivity contribution in [2.45, 2.75) is 32.1 Å². The van der Waals surface area contributed by atoms with Crippen molar-refractivity contribution in [3.63, 3.8) is 0 Å². The van der Waals surface area contributed by atoms with Gasteiger partial charge < -0.3 is 4.90 Å². The number of nitrogens with zero attached hydrogens (tertiary/aromatic N) is 1. The summed E-state index contributed by atoms with van der Waals surface area (Å²) in [5.41, 5.74) is 2.11. The molecular weight excluding hydrogens is 286 g/mol. The zero-order chi connectivity index (χ0) is 16.4. The molecule has 1 amide bonds. The van der Waals surface area contributed by atoms with Gasteiger partial charge in [0.1, 0.15) is 0 Å². The third-order valence-corrected chi connectivity index (χ3v) is 4.77. The van der Waals surface area contributed by atoms with Gasteiger partial charge in [0.25, 0.3) is 0 Å². The minimum absolute atomic E-state index is 0.0899. The Balaban J connectivity index is 1.84. The Hall–Kier alpha value is -2.42. The highest BCUT2D eigenvalue weighted by Crippen LogP contribution is 2.44. The van der Waals surface area contributed by atoms with E-state index in [1.807, 2.05) is 73.3 Å². The lowest BCUT2D eigenvalue weighted by atomic mass is 9.79. The van der Waals surface area contributed by atoms with Crippen molar-refractivity contribution >= 4 is 17.4 Å². The van der Waals surface area contributed by atoms with Crippen LogP contribution in [0.2, 0.25) is 0 Å². The van der Waals surface area contributed by atoms with Crippen LogP contribution >= 0.6 is 0 Å². The highest BCUT2D eigenvalue weighted by atomic mass is 16.2. The smallest absolute Gasteiger partial charge is 0.237 e. The summed E-state index contributed by atoms with van der Waals surface area (Å²) in [5, 5.41) is 0. The van der Waals surface area contributed by atoms with E-state index in [-0.39, 0.29) is 11.7 Å². The molecule has 0 saturated heterocycles. The van der Waals surface area contributed by atoms with Crippen LogP contribution in [0.1, 0.15) is 42.6 Å². The summed E-state index contributed by atoms with van der Waals surface area (Å²) < 4.78 is 0. The minimum Gasteiger partial charge on any atom is -0.312 e. The highest BCUT2D eigenvalue weighted by Gasteiger charge is 2.46. The summed E-state index contributed by atoms with van der Waals surface area (Å²) in [6.45, 7) is 4.59. The number of carbonyl (C=O) groups excluding carboxylic acids is 2. The van der Waals surface area contributed by atoms with Crippen molar-refractivity contribution in [1.82, 2.24) is 0 Å². The van der Waals surface area contributed by atoms with Crippen molar-refractivity contribution in [2.75, 3.05) is 11.4 Å². The van der Waals surface area contributed by atoms with Crippen molar-refractivity contribution in [2.24, 2.45) is 0 Å². The quantitative estimate of drug-likeness (QED) is 0.784. The number of rotatable bonds is 5. The molecule has 1 heterocycles. The van der Waals surface area contributed by atoms with Crippen LogP contribution < -0.4 is 4.90 Å². The Morgan fingerprint density at radius 3 is 2.39 bits per heavy atom. The van der Waals surface area contributed by atoms with Crippen molar-refractivity contribution in [1.29, 1.82) is 0 Å². The van der Waals surface area contributed by atoms with Crippen LogP contribution in [0.5, 0.6) is 0 Å². The molecule has 1 unspecified atom stereocenters. The molecule has 0 fully saturated rings. The summed E-state index contributed by atoms with van der Waals surface area (Å²) >= 11 is 0. The highest BCUT2D eigenvalue weighted by molar-refractivity contribution is 6.08. The van der Waals surface area contributed by atoms with Gasteiger partial charge >= 0.3 is 0 Å². The maximum Gasteiger partial charge on any atom is 0.237 e. The number of benzene rings is 2. The first-order valence-corrected chi connectivity index (χ1v) is 8.07. The maximum absolute atomic E-state index is 12.9. The molecule has 0 radical (unpaired) electrons. The number of fused-ring (bicyclic) bond motifs is 1. The summed E-state index contributed by atoms with van der Waals surface area (Å²) in [6.07, 6.45) is 0.908. The van der Waals surface area contributed by atoms with Crippen molar-refractivity contribution in [3.8, 4) is 0 Å². The van der Waals surface area contributed by atoms with Gasteiger partial charge in [-0.2, -0.15) is 0 Å².